The Kier molecular flexibility index (Phi) is 9.32. The van der Waals surface area contributed by atoms with E-state index in [2.05, 4.69) is 15.3 Å². The topological polar surface area (TPSA) is 95.5 Å². The molecule has 16 heteroatoms. The Bertz CT molecular complexity index is 1520. The van der Waals surface area contributed by atoms with Gasteiger partial charge in [0.2, 0.25) is 17.6 Å². The Balaban J connectivity index is 1.41. The summed E-state index contributed by atoms with van der Waals surface area (Å²) in [6, 6.07) is 6.11. The Morgan fingerprint density at radius 3 is 2.18 bits per heavy atom. The Morgan fingerprint density at radius 2 is 1.59 bits per heavy atom. The van der Waals surface area contributed by atoms with Crippen molar-refractivity contribution in [2.45, 2.75) is 39.0 Å². The van der Waals surface area contributed by atoms with E-state index in [9.17, 15) is 45.1 Å². The number of halogens is 7. The summed E-state index contributed by atoms with van der Waals surface area (Å²) in [7, 11) is 0. The van der Waals surface area contributed by atoms with Gasteiger partial charge in [-0.1, -0.05) is 25.2 Å². The van der Waals surface area contributed by atoms with Crippen LogP contribution < -0.4 is 10.2 Å². The summed E-state index contributed by atoms with van der Waals surface area (Å²) >= 11 is 0.312. The van der Waals surface area contributed by atoms with E-state index in [4.69, 9.17) is 0 Å². The molecule has 4 rings (SSSR count). The van der Waals surface area contributed by atoms with Gasteiger partial charge in [-0.15, -0.1) is 0 Å². The van der Waals surface area contributed by atoms with Gasteiger partial charge in [-0.3, -0.25) is 14.4 Å². The molecule has 1 fully saturated rings. The average molecular weight is 646 g/mol. The number of benzene rings is 1. The van der Waals surface area contributed by atoms with E-state index in [0.29, 0.717) is 36.7 Å². The number of anilines is 2. The number of ketones is 1. The molecular weight excluding hydrogens is 619 g/mol. The molecule has 1 aliphatic heterocycles. The average Bonchev–Trinajstić information content (AvgIpc) is 3.21. The second kappa shape index (κ2) is 12.5. The minimum atomic E-state index is -5.02. The maximum Gasteiger partial charge on any atom is 0.435 e. The van der Waals surface area contributed by atoms with Gasteiger partial charge in [0, 0.05) is 44.4 Å². The van der Waals surface area contributed by atoms with Crippen molar-refractivity contribution in [2.75, 3.05) is 36.4 Å². The van der Waals surface area contributed by atoms with Crippen molar-refractivity contribution in [3.8, 4) is 0 Å². The minimum Gasteiger partial charge on any atom is -0.355 e. The van der Waals surface area contributed by atoms with Gasteiger partial charge < -0.3 is 15.1 Å². The summed E-state index contributed by atoms with van der Waals surface area (Å²) in [5, 5.41) is 1.79. The molecule has 0 radical (unpaired) electrons. The van der Waals surface area contributed by atoms with Gasteiger partial charge in [-0.2, -0.15) is 26.3 Å². The van der Waals surface area contributed by atoms with Gasteiger partial charge in [0.15, 0.2) is 10.8 Å². The van der Waals surface area contributed by atoms with Crippen molar-refractivity contribution in [1.82, 2.24) is 14.9 Å². The standard InChI is InChI=1S/C28H26F7N5O3S/c1-26(2,14-20(41)40-11-3-10-39(12-13-40)19-9-6-17(15-36-19)27(30,31)32)24(43)38-25-37-23(28(33,34)35)22(44-25)21(42)16-4-7-18(29)8-5-16/h4-9,15H,3,10-14H2,1-2H3,(H,37,38,43). The normalized spacial score (nSPS) is 14.8. The fraction of sp³-hybridized carbons (Fsp3) is 0.393. The molecule has 1 N–H and O–H groups in total. The zero-order chi connectivity index (χ0) is 32.4. The Hall–Kier alpha value is -4.08. The van der Waals surface area contributed by atoms with E-state index >= 15 is 0 Å². The fourth-order valence-corrected chi connectivity index (χ4v) is 5.37. The van der Waals surface area contributed by atoms with Crippen molar-refractivity contribution in [3.63, 3.8) is 0 Å². The zero-order valence-electron chi connectivity index (χ0n) is 23.4. The third-order valence-electron chi connectivity index (χ3n) is 6.88. The maximum absolute atomic E-state index is 13.7. The van der Waals surface area contributed by atoms with Gasteiger partial charge in [-0.25, -0.2) is 14.4 Å². The van der Waals surface area contributed by atoms with E-state index in [0.717, 1.165) is 36.5 Å². The van der Waals surface area contributed by atoms with Crippen molar-refractivity contribution in [2.24, 2.45) is 5.41 Å². The number of hydrogen-bond acceptors (Lipinski definition) is 7. The van der Waals surface area contributed by atoms with Crippen LogP contribution in [0.25, 0.3) is 0 Å². The Labute approximate surface area is 250 Å². The summed E-state index contributed by atoms with van der Waals surface area (Å²) in [6.07, 6.45) is -8.63. The number of hydrogen-bond donors (Lipinski definition) is 1. The van der Waals surface area contributed by atoms with Crippen LogP contribution in [0, 0.1) is 11.2 Å². The number of nitrogens with one attached hydrogen (secondary N) is 1. The van der Waals surface area contributed by atoms with Crippen LogP contribution in [-0.2, 0) is 21.9 Å². The largest absolute Gasteiger partial charge is 0.435 e. The third-order valence-corrected chi connectivity index (χ3v) is 7.85. The predicted octanol–water partition coefficient (Wildman–Crippen LogP) is 6.04. The number of thiazole rings is 1. The summed E-state index contributed by atoms with van der Waals surface area (Å²) in [4.78, 5) is 48.8. The highest BCUT2D eigenvalue weighted by molar-refractivity contribution is 7.18. The number of alkyl halides is 6. The van der Waals surface area contributed by atoms with Crippen molar-refractivity contribution in [1.29, 1.82) is 0 Å². The fourth-order valence-electron chi connectivity index (χ4n) is 4.43. The lowest BCUT2D eigenvalue weighted by atomic mass is 9.87. The first-order valence-electron chi connectivity index (χ1n) is 13.2. The van der Waals surface area contributed by atoms with E-state index in [1.807, 2.05) is 0 Å². The molecule has 3 aromatic rings. The first-order valence-corrected chi connectivity index (χ1v) is 14.0. The summed E-state index contributed by atoms with van der Waals surface area (Å²) in [5.41, 5.74) is -3.98. The van der Waals surface area contributed by atoms with Crippen LogP contribution in [0.5, 0.6) is 0 Å². The van der Waals surface area contributed by atoms with Crippen LogP contribution in [-0.4, -0.2) is 58.6 Å². The van der Waals surface area contributed by atoms with E-state index in [1.165, 1.54) is 24.8 Å². The van der Waals surface area contributed by atoms with Crippen LogP contribution in [0.15, 0.2) is 42.6 Å². The molecule has 236 valence electrons. The van der Waals surface area contributed by atoms with Gasteiger partial charge in [-0.05, 0) is 42.8 Å². The molecule has 8 nitrogen and oxygen atoms in total. The highest BCUT2D eigenvalue weighted by Crippen LogP contribution is 2.38. The number of amides is 2. The molecule has 0 spiro atoms. The van der Waals surface area contributed by atoms with Crippen LogP contribution in [0.3, 0.4) is 0 Å². The lowest BCUT2D eigenvalue weighted by Gasteiger charge is -2.27. The molecule has 1 aliphatic rings. The van der Waals surface area contributed by atoms with Crippen LogP contribution >= 0.6 is 11.3 Å². The predicted molar refractivity (Wildman–Crippen MR) is 147 cm³/mol. The summed E-state index contributed by atoms with van der Waals surface area (Å²) in [6.45, 7) is 4.08. The van der Waals surface area contributed by atoms with E-state index < -0.39 is 62.4 Å². The molecule has 0 aliphatic carbocycles. The number of pyridine rings is 1. The van der Waals surface area contributed by atoms with Crippen molar-refractivity contribution < 1.29 is 45.1 Å². The zero-order valence-corrected chi connectivity index (χ0v) is 24.2. The van der Waals surface area contributed by atoms with Gasteiger partial charge in [0.1, 0.15) is 16.5 Å². The third kappa shape index (κ3) is 7.70. The molecular formula is C28H26F7N5O3S. The Morgan fingerprint density at radius 1 is 0.909 bits per heavy atom. The summed E-state index contributed by atoms with van der Waals surface area (Å²) < 4.78 is 92.9. The first-order chi connectivity index (χ1) is 20.5. The van der Waals surface area contributed by atoms with Gasteiger partial charge in [0.25, 0.3) is 0 Å². The molecule has 0 saturated carbocycles. The quantitative estimate of drug-likeness (QED) is 0.249. The van der Waals surface area contributed by atoms with Crippen LogP contribution in [0.4, 0.5) is 41.7 Å². The molecule has 0 bridgehead atoms. The smallest absolute Gasteiger partial charge is 0.355 e. The second-order valence-electron chi connectivity index (χ2n) is 10.7. The first kappa shape index (κ1) is 32.8. The highest BCUT2D eigenvalue weighted by Gasteiger charge is 2.41. The van der Waals surface area contributed by atoms with Crippen LogP contribution in [0.2, 0.25) is 0 Å². The van der Waals surface area contributed by atoms with Crippen molar-refractivity contribution in [3.05, 3.63) is 70.1 Å². The second-order valence-corrected chi connectivity index (χ2v) is 11.7. The molecule has 3 heterocycles. The van der Waals surface area contributed by atoms with Gasteiger partial charge >= 0.3 is 12.4 Å². The SMILES string of the molecule is CC(C)(CC(=O)N1CCCN(c2ccc(C(F)(F)F)cn2)CC1)C(=O)Nc1nc(C(F)(F)F)c(C(=O)c2ccc(F)cc2)s1. The van der Waals surface area contributed by atoms with Gasteiger partial charge in [0.05, 0.1) is 11.0 Å². The molecule has 1 saturated heterocycles. The summed E-state index contributed by atoms with van der Waals surface area (Å²) in [5.74, 6) is -2.62. The molecule has 0 atom stereocenters. The minimum absolute atomic E-state index is 0.200. The molecule has 1 aromatic carbocycles. The maximum atomic E-state index is 13.7. The number of nitrogens with zero attached hydrogens (tertiary/aromatic N) is 4. The molecule has 2 amide bonds. The van der Waals surface area contributed by atoms with E-state index in [-0.39, 0.29) is 25.1 Å². The van der Waals surface area contributed by atoms with Crippen molar-refractivity contribution >= 4 is 39.9 Å². The number of rotatable bonds is 7. The lowest BCUT2D eigenvalue weighted by molar-refractivity contribution is -0.141. The molecule has 44 heavy (non-hydrogen) atoms. The monoisotopic (exact) mass is 645 g/mol. The number of carbonyl (C=O) groups excluding carboxylic acids is 3. The lowest BCUT2D eigenvalue weighted by Crippen LogP contribution is -2.40. The molecule has 2 aromatic heterocycles. The number of carbonyl (C=O) groups is 3. The highest BCUT2D eigenvalue weighted by atomic mass is 32.1. The van der Waals surface area contributed by atoms with Crippen LogP contribution in [0.1, 0.15) is 53.2 Å². The molecule has 0 unspecified atom stereocenters. The van der Waals surface area contributed by atoms with E-state index in [1.54, 1.807) is 4.90 Å². The number of aromatic nitrogens is 2.